The molecule has 0 aliphatic rings. The summed E-state index contributed by atoms with van der Waals surface area (Å²) in [5.74, 6) is 0. The predicted octanol–water partition coefficient (Wildman–Crippen LogP) is 2.26. The number of nitrogens with one attached hydrogen (secondary N) is 1. The highest BCUT2D eigenvalue weighted by atomic mass is 32.2. The lowest BCUT2D eigenvalue weighted by Crippen LogP contribution is -2.24. The van der Waals surface area contributed by atoms with Crippen LogP contribution in [0.25, 0.3) is 5.69 Å². The number of hydrogen-bond acceptors (Lipinski definition) is 5. The van der Waals surface area contributed by atoms with Crippen LogP contribution in [-0.4, -0.2) is 22.9 Å². The Bertz CT molecular complexity index is 1000. The van der Waals surface area contributed by atoms with Crippen molar-refractivity contribution in [1.29, 1.82) is 0 Å². The molecular formula is C16H14N4O4S. The van der Waals surface area contributed by atoms with Crippen LogP contribution in [0.1, 0.15) is 5.56 Å². The van der Waals surface area contributed by atoms with Crippen LogP contribution < -0.4 is 4.72 Å². The van der Waals surface area contributed by atoms with Crippen molar-refractivity contribution < 1.29 is 13.3 Å². The van der Waals surface area contributed by atoms with Crippen LogP contribution in [0.2, 0.25) is 0 Å². The minimum Gasteiger partial charge on any atom is -0.306 e. The molecule has 8 nitrogen and oxygen atoms in total. The van der Waals surface area contributed by atoms with E-state index >= 15 is 0 Å². The van der Waals surface area contributed by atoms with Gasteiger partial charge in [0.25, 0.3) is 5.69 Å². The Morgan fingerprint density at radius 3 is 2.56 bits per heavy atom. The Morgan fingerprint density at radius 1 is 1.12 bits per heavy atom. The van der Waals surface area contributed by atoms with Crippen LogP contribution in [0.3, 0.4) is 0 Å². The Morgan fingerprint density at radius 2 is 1.84 bits per heavy atom. The molecule has 1 heterocycles. The molecule has 25 heavy (non-hydrogen) atoms. The summed E-state index contributed by atoms with van der Waals surface area (Å²) in [4.78, 5) is 14.0. The summed E-state index contributed by atoms with van der Waals surface area (Å²) in [5.41, 5.74) is 1.02. The van der Waals surface area contributed by atoms with Crippen LogP contribution in [0, 0.1) is 10.1 Å². The molecule has 0 bridgehead atoms. The predicted molar refractivity (Wildman–Crippen MR) is 90.7 cm³/mol. The van der Waals surface area contributed by atoms with Gasteiger partial charge in [0.15, 0.2) is 4.90 Å². The molecule has 1 aromatic heterocycles. The molecule has 0 radical (unpaired) electrons. The van der Waals surface area contributed by atoms with E-state index in [0.717, 1.165) is 11.8 Å². The molecule has 0 unspecified atom stereocenters. The van der Waals surface area contributed by atoms with Gasteiger partial charge in [0, 0.05) is 25.0 Å². The molecule has 0 amide bonds. The van der Waals surface area contributed by atoms with Gasteiger partial charge in [-0.2, -0.15) is 0 Å². The summed E-state index contributed by atoms with van der Waals surface area (Å²) in [6.07, 6.45) is 4.97. The lowest BCUT2D eigenvalue weighted by Gasteiger charge is -2.11. The summed E-state index contributed by atoms with van der Waals surface area (Å²) in [7, 11) is -4.04. The minimum absolute atomic E-state index is 0.0112. The monoisotopic (exact) mass is 358 g/mol. The van der Waals surface area contributed by atoms with E-state index in [2.05, 4.69) is 9.71 Å². The number of nitrogens with zero attached hydrogens (tertiary/aromatic N) is 3. The summed E-state index contributed by atoms with van der Waals surface area (Å²) in [6.45, 7) is -0.0112. The first-order valence-corrected chi connectivity index (χ1v) is 8.77. The number of sulfonamides is 1. The maximum absolute atomic E-state index is 12.5. The Hall–Kier alpha value is -3.04. The highest BCUT2D eigenvalue weighted by Crippen LogP contribution is 2.23. The first kappa shape index (κ1) is 16.8. The zero-order valence-corrected chi connectivity index (χ0v) is 13.8. The van der Waals surface area contributed by atoms with Crippen molar-refractivity contribution in [2.75, 3.05) is 0 Å². The molecule has 2 aromatic carbocycles. The molecule has 0 saturated carbocycles. The van der Waals surface area contributed by atoms with E-state index in [-0.39, 0.29) is 11.4 Å². The van der Waals surface area contributed by atoms with Gasteiger partial charge in [-0.25, -0.2) is 18.1 Å². The van der Waals surface area contributed by atoms with Gasteiger partial charge in [-0.1, -0.05) is 30.3 Å². The summed E-state index contributed by atoms with van der Waals surface area (Å²) >= 11 is 0. The third kappa shape index (κ3) is 3.57. The van der Waals surface area contributed by atoms with Gasteiger partial charge in [-0.3, -0.25) is 10.1 Å². The van der Waals surface area contributed by atoms with Gasteiger partial charge in [-0.15, -0.1) is 0 Å². The van der Waals surface area contributed by atoms with Crippen molar-refractivity contribution in [3.63, 3.8) is 0 Å². The standard InChI is InChI=1S/C16H14N4O4S/c21-20(22)15-7-3-4-8-16(15)25(23,24)18-11-13-5-1-2-6-14(13)19-10-9-17-12-19/h1-10,12,18H,11H2. The fourth-order valence-corrected chi connectivity index (χ4v) is 3.58. The lowest BCUT2D eigenvalue weighted by atomic mass is 10.2. The third-order valence-electron chi connectivity index (χ3n) is 3.58. The maximum atomic E-state index is 12.5. The second-order valence-corrected chi connectivity index (χ2v) is 6.88. The van der Waals surface area contributed by atoms with E-state index in [1.807, 2.05) is 12.1 Å². The van der Waals surface area contributed by atoms with Crippen molar-refractivity contribution >= 4 is 15.7 Å². The first-order chi connectivity index (χ1) is 12.0. The first-order valence-electron chi connectivity index (χ1n) is 7.28. The number of para-hydroxylation sites is 2. The van der Waals surface area contributed by atoms with E-state index in [9.17, 15) is 18.5 Å². The molecule has 0 fully saturated rings. The molecule has 3 aromatic rings. The van der Waals surface area contributed by atoms with Gasteiger partial charge in [0.1, 0.15) is 0 Å². The van der Waals surface area contributed by atoms with Gasteiger partial charge in [-0.05, 0) is 17.7 Å². The zero-order valence-electron chi connectivity index (χ0n) is 12.9. The average Bonchev–Trinajstić information content (AvgIpc) is 3.15. The zero-order chi connectivity index (χ0) is 17.9. The van der Waals surface area contributed by atoms with E-state index in [1.54, 1.807) is 35.4 Å². The van der Waals surface area contributed by atoms with E-state index in [1.165, 1.54) is 18.2 Å². The summed E-state index contributed by atoms with van der Waals surface area (Å²) in [6, 6.07) is 12.5. The number of hydrogen-bond donors (Lipinski definition) is 1. The Balaban J connectivity index is 1.89. The lowest BCUT2D eigenvalue weighted by molar-refractivity contribution is -0.387. The van der Waals surface area contributed by atoms with Crippen LogP contribution in [0.15, 0.2) is 72.1 Å². The van der Waals surface area contributed by atoms with Gasteiger partial charge < -0.3 is 4.57 Å². The van der Waals surface area contributed by atoms with Crippen molar-refractivity contribution in [2.45, 2.75) is 11.4 Å². The number of imidazole rings is 1. The quantitative estimate of drug-likeness (QED) is 0.537. The molecule has 0 aliphatic carbocycles. The van der Waals surface area contributed by atoms with Crippen LogP contribution in [0.4, 0.5) is 5.69 Å². The molecule has 0 saturated heterocycles. The topological polar surface area (TPSA) is 107 Å². The number of benzene rings is 2. The highest BCUT2D eigenvalue weighted by Gasteiger charge is 2.25. The molecule has 3 rings (SSSR count). The normalized spacial score (nSPS) is 11.4. The van der Waals surface area contributed by atoms with E-state index < -0.39 is 20.6 Å². The number of nitro groups is 1. The number of rotatable bonds is 6. The number of nitro benzene ring substituents is 1. The van der Waals surface area contributed by atoms with Crippen LogP contribution in [-0.2, 0) is 16.6 Å². The highest BCUT2D eigenvalue weighted by molar-refractivity contribution is 7.89. The van der Waals surface area contributed by atoms with E-state index in [0.29, 0.717) is 5.56 Å². The van der Waals surface area contributed by atoms with Crippen molar-refractivity contribution in [3.8, 4) is 5.69 Å². The Labute approximate surface area is 144 Å². The molecule has 1 N–H and O–H groups in total. The molecule has 0 aliphatic heterocycles. The van der Waals surface area contributed by atoms with Gasteiger partial charge in [0.05, 0.1) is 16.9 Å². The SMILES string of the molecule is O=[N+]([O-])c1ccccc1S(=O)(=O)NCc1ccccc1-n1ccnc1. The fraction of sp³-hybridized carbons (Fsp3) is 0.0625. The minimum atomic E-state index is -4.04. The van der Waals surface area contributed by atoms with E-state index in [4.69, 9.17) is 0 Å². The van der Waals surface area contributed by atoms with Crippen molar-refractivity contribution in [3.05, 3.63) is 82.9 Å². The summed E-state index contributed by atoms with van der Waals surface area (Å²) in [5, 5.41) is 11.1. The molecular weight excluding hydrogens is 344 g/mol. The maximum Gasteiger partial charge on any atom is 0.289 e. The molecule has 9 heteroatoms. The Kier molecular flexibility index (Phi) is 4.59. The molecule has 0 spiro atoms. The number of aromatic nitrogens is 2. The van der Waals surface area contributed by atoms with Crippen molar-refractivity contribution in [1.82, 2.24) is 14.3 Å². The van der Waals surface area contributed by atoms with Crippen LogP contribution in [0.5, 0.6) is 0 Å². The molecule has 0 atom stereocenters. The van der Waals surface area contributed by atoms with Gasteiger partial charge >= 0.3 is 0 Å². The van der Waals surface area contributed by atoms with Gasteiger partial charge in [0.2, 0.25) is 10.0 Å². The largest absolute Gasteiger partial charge is 0.306 e. The third-order valence-corrected chi connectivity index (χ3v) is 5.03. The van der Waals surface area contributed by atoms with Crippen molar-refractivity contribution in [2.24, 2.45) is 0 Å². The second kappa shape index (κ2) is 6.83. The fourth-order valence-electron chi connectivity index (χ4n) is 2.40. The summed E-state index contributed by atoms with van der Waals surface area (Å²) < 4.78 is 29.2. The molecule has 128 valence electrons. The van der Waals surface area contributed by atoms with Crippen LogP contribution >= 0.6 is 0 Å². The smallest absolute Gasteiger partial charge is 0.289 e. The second-order valence-electron chi connectivity index (χ2n) is 5.15. The average molecular weight is 358 g/mol.